The van der Waals surface area contributed by atoms with Crippen LogP contribution in [0, 0.1) is 0 Å². The molecule has 4 nitrogen and oxygen atoms in total. The third kappa shape index (κ3) is 19.6. The number of aliphatic hydroxyl groups excluding tert-OH is 1. The van der Waals surface area contributed by atoms with Gasteiger partial charge in [0.15, 0.2) is 0 Å². The van der Waals surface area contributed by atoms with E-state index in [0.29, 0.717) is 19.4 Å². The molecule has 0 aromatic heterocycles. The number of aliphatic hydroxyl groups is 1. The number of amides is 1. The molecule has 0 spiro atoms. The van der Waals surface area contributed by atoms with Crippen LogP contribution in [0.4, 0.5) is 0 Å². The van der Waals surface area contributed by atoms with Gasteiger partial charge < -0.3 is 38.9 Å². The van der Waals surface area contributed by atoms with E-state index >= 15 is 0 Å². The fourth-order valence-electron chi connectivity index (χ4n) is 1.98. The summed E-state index contributed by atoms with van der Waals surface area (Å²) >= 11 is 0. The molecule has 0 fully saturated rings. The number of nitrogens with zero attached hydrogens (tertiary/aromatic N) is 1. The largest absolute Gasteiger partial charge is 1.00 e. The molecule has 0 saturated carbocycles. The predicted octanol–water partition coefficient (Wildman–Crippen LogP) is -0.353. The van der Waals surface area contributed by atoms with Gasteiger partial charge in [0.25, 0.3) is 0 Å². The number of allylic oxidation sites excluding steroid dienone is 4. The number of hydrogen-bond donors (Lipinski definition) is 2. The van der Waals surface area contributed by atoms with E-state index in [1.807, 2.05) is 0 Å². The molecule has 0 aromatic carbocycles. The van der Waals surface area contributed by atoms with Gasteiger partial charge in [-0.2, -0.15) is 0 Å². The molecular formula is C18H35IN2O2. The normalized spacial score (nSPS) is 13.3. The first-order valence-corrected chi connectivity index (χ1v) is 8.40. The van der Waals surface area contributed by atoms with Crippen molar-refractivity contribution < 1.29 is 38.4 Å². The van der Waals surface area contributed by atoms with Crippen molar-refractivity contribution in [3.05, 3.63) is 24.3 Å². The standard InChI is InChI=1S/C18H34N2O2.HI/c1-5-6-7-8-9-10-11-13-17(21)16-19-18(22)14-12-15-20(2,3)4;/h6-7,9-10,17,21H,5,8,11-16H2,1-4H3;1H/b7-6-,10-9-;/t17-;/m0./s1. The highest BCUT2D eigenvalue weighted by Gasteiger charge is 2.10. The third-order valence-electron chi connectivity index (χ3n) is 3.28. The monoisotopic (exact) mass is 438 g/mol. The van der Waals surface area contributed by atoms with Gasteiger partial charge in [-0.25, -0.2) is 0 Å². The van der Waals surface area contributed by atoms with Gasteiger partial charge in [0.2, 0.25) is 5.91 Å². The molecule has 1 amide bonds. The number of carbonyl (C=O) groups excluding carboxylic acids is 1. The maximum Gasteiger partial charge on any atom is 0.220 e. The van der Waals surface area contributed by atoms with Gasteiger partial charge in [0.05, 0.1) is 33.8 Å². The Kier molecular flexibility index (Phi) is 16.4. The van der Waals surface area contributed by atoms with Crippen LogP contribution in [0.25, 0.3) is 0 Å². The van der Waals surface area contributed by atoms with Crippen molar-refractivity contribution in [3.63, 3.8) is 0 Å². The molecule has 0 unspecified atom stereocenters. The van der Waals surface area contributed by atoms with E-state index in [0.717, 1.165) is 36.7 Å². The Balaban J connectivity index is 0. The highest BCUT2D eigenvalue weighted by Crippen LogP contribution is 2.00. The van der Waals surface area contributed by atoms with Crippen LogP contribution in [0.1, 0.15) is 45.4 Å². The van der Waals surface area contributed by atoms with Gasteiger partial charge in [-0.05, 0) is 25.7 Å². The van der Waals surface area contributed by atoms with Crippen LogP contribution in [0.3, 0.4) is 0 Å². The van der Waals surface area contributed by atoms with E-state index in [1.54, 1.807) is 0 Å². The minimum Gasteiger partial charge on any atom is -1.00 e. The maximum atomic E-state index is 11.7. The average molecular weight is 438 g/mol. The first kappa shape index (κ1) is 24.8. The lowest BCUT2D eigenvalue weighted by Gasteiger charge is -2.23. The summed E-state index contributed by atoms with van der Waals surface area (Å²) in [4.78, 5) is 11.7. The summed E-state index contributed by atoms with van der Waals surface area (Å²) in [6.45, 7) is 3.45. The predicted molar refractivity (Wildman–Crippen MR) is 93.6 cm³/mol. The first-order valence-electron chi connectivity index (χ1n) is 8.40. The van der Waals surface area contributed by atoms with Crippen LogP contribution >= 0.6 is 0 Å². The average Bonchev–Trinajstić information content (AvgIpc) is 2.43. The van der Waals surface area contributed by atoms with E-state index < -0.39 is 6.10 Å². The second-order valence-electron chi connectivity index (χ2n) is 6.74. The zero-order chi connectivity index (χ0) is 16.8. The third-order valence-corrected chi connectivity index (χ3v) is 3.28. The lowest BCUT2D eigenvalue weighted by Crippen LogP contribution is -3.00. The van der Waals surface area contributed by atoms with E-state index in [2.05, 4.69) is 57.7 Å². The fourth-order valence-corrected chi connectivity index (χ4v) is 1.98. The fraction of sp³-hybridized carbons (Fsp3) is 0.722. The highest BCUT2D eigenvalue weighted by atomic mass is 127. The Hall–Kier alpha value is -0.400. The SMILES string of the molecule is CC/C=C\C/C=C\CC[C@H](O)CNC(=O)CCC[N+](C)(C)C.[I-]. The van der Waals surface area contributed by atoms with Crippen LogP contribution in [-0.4, -0.2) is 55.8 Å². The van der Waals surface area contributed by atoms with Crippen molar-refractivity contribution in [3.8, 4) is 0 Å². The van der Waals surface area contributed by atoms with Gasteiger partial charge in [0.1, 0.15) is 0 Å². The quantitative estimate of drug-likeness (QED) is 0.249. The number of nitrogens with one attached hydrogen (secondary N) is 1. The zero-order valence-corrected chi connectivity index (χ0v) is 17.4. The van der Waals surface area contributed by atoms with Crippen LogP contribution in [0.5, 0.6) is 0 Å². The Morgan fingerprint density at radius 3 is 2.43 bits per heavy atom. The summed E-state index contributed by atoms with van der Waals surface area (Å²) in [7, 11) is 6.35. The summed E-state index contributed by atoms with van der Waals surface area (Å²) in [6.07, 6.45) is 13.0. The highest BCUT2D eigenvalue weighted by molar-refractivity contribution is 5.75. The van der Waals surface area contributed by atoms with Crippen molar-refractivity contribution >= 4 is 5.91 Å². The summed E-state index contributed by atoms with van der Waals surface area (Å²) in [5.41, 5.74) is 0. The molecule has 0 aliphatic rings. The summed E-state index contributed by atoms with van der Waals surface area (Å²) in [5, 5.41) is 12.6. The molecule has 0 aliphatic heterocycles. The van der Waals surface area contributed by atoms with Crippen LogP contribution in [0.2, 0.25) is 0 Å². The minimum atomic E-state index is -0.460. The van der Waals surface area contributed by atoms with E-state index in [-0.39, 0.29) is 29.9 Å². The van der Waals surface area contributed by atoms with Gasteiger partial charge in [-0.15, -0.1) is 0 Å². The molecule has 0 saturated heterocycles. The minimum absolute atomic E-state index is 0. The van der Waals surface area contributed by atoms with Gasteiger partial charge in [0, 0.05) is 19.4 Å². The summed E-state index contributed by atoms with van der Waals surface area (Å²) in [5.74, 6) is 0.0349. The Morgan fingerprint density at radius 1 is 1.17 bits per heavy atom. The second-order valence-corrected chi connectivity index (χ2v) is 6.74. The summed E-state index contributed by atoms with van der Waals surface area (Å²) in [6, 6.07) is 0. The van der Waals surface area contributed by atoms with Crippen molar-refractivity contribution in [1.82, 2.24) is 5.32 Å². The Morgan fingerprint density at radius 2 is 1.83 bits per heavy atom. The molecular weight excluding hydrogens is 403 g/mol. The molecule has 136 valence electrons. The number of halogens is 1. The number of rotatable bonds is 12. The van der Waals surface area contributed by atoms with Gasteiger partial charge in [-0.1, -0.05) is 31.2 Å². The molecule has 0 rings (SSSR count). The van der Waals surface area contributed by atoms with Crippen LogP contribution in [0.15, 0.2) is 24.3 Å². The van der Waals surface area contributed by atoms with Crippen LogP contribution < -0.4 is 29.3 Å². The molecule has 5 heteroatoms. The van der Waals surface area contributed by atoms with Gasteiger partial charge in [-0.3, -0.25) is 4.79 Å². The number of quaternary nitrogens is 1. The molecule has 0 bridgehead atoms. The number of hydrogen-bond acceptors (Lipinski definition) is 2. The molecule has 0 aromatic rings. The van der Waals surface area contributed by atoms with E-state index in [9.17, 15) is 9.90 Å². The molecule has 0 radical (unpaired) electrons. The lowest BCUT2D eigenvalue weighted by molar-refractivity contribution is -0.870. The smallest absolute Gasteiger partial charge is 0.220 e. The van der Waals surface area contributed by atoms with Crippen molar-refractivity contribution in [1.29, 1.82) is 0 Å². The molecule has 0 heterocycles. The first-order chi connectivity index (χ1) is 10.3. The maximum absolute atomic E-state index is 11.7. The van der Waals surface area contributed by atoms with Crippen molar-refractivity contribution in [2.24, 2.45) is 0 Å². The Labute approximate surface area is 159 Å². The number of carbonyl (C=O) groups is 1. The molecule has 0 aliphatic carbocycles. The Bertz CT molecular complexity index is 349. The van der Waals surface area contributed by atoms with Crippen molar-refractivity contribution in [2.45, 2.75) is 51.6 Å². The van der Waals surface area contributed by atoms with E-state index in [1.165, 1.54) is 0 Å². The second kappa shape index (κ2) is 15.1. The molecule has 1 atom stereocenters. The molecule has 2 N–H and O–H groups in total. The lowest BCUT2D eigenvalue weighted by atomic mass is 10.1. The zero-order valence-electron chi connectivity index (χ0n) is 15.2. The molecule has 23 heavy (non-hydrogen) atoms. The topological polar surface area (TPSA) is 49.3 Å². The summed E-state index contributed by atoms with van der Waals surface area (Å²) < 4.78 is 0.871. The van der Waals surface area contributed by atoms with Crippen molar-refractivity contribution in [2.75, 3.05) is 34.2 Å². The van der Waals surface area contributed by atoms with Gasteiger partial charge >= 0.3 is 0 Å². The van der Waals surface area contributed by atoms with E-state index in [4.69, 9.17) is 0 Å². The van der Waals surface area contributed by atoms with Crippen LogP contribution in [-0.2, 0) is 4.79 Å².